The van der Waals surface area contributed by atoms with E-state index in [-0.39, 0.29) is 18.2 Å². The Bertz CT molecular complexity index is 1190. The summed E-state index contributed by atoms with van der Waals surface area (Å²) in [5, 5.41) is 6.73. The molecule has 12 heteroatoms. The van der Waals surface area contributed by atoms with Crippen LogP contribution in [0.5, 0.6) is 0 Å². The van der Waals surface area contributed by atoms with Crippen LogP contribution in [0.1, 0.15) is 50.1 Å². The summed E-state index contributed by atoms with van der Waals surface area (Å²) in [4.78, 5) is 14.6. The molecule has 1 aromatic carbocycles. The van der Waals surface area contributed by atoms with E-state index in [2.05, 4.69) is 10.4 Å². The number of hydrogen-bond donors (Lipinski definition) is 1. The number of carbonyl (C=O) groups is 1. The van der Waals surface area contributed by atoms with Gasteiger partial charge in [0.2, 0.25) is 0 Å². The summed E-state index contributed by atoms with van der Waals surface area (Å²) in [5.41, 5.74) is 0.641. The molecule has 186 valence electrons. The number of aromatic nitrogens is 2. The zero-order valence-corrected chi connectivity index (χ0v) is 20.2. The molecule has 0 radical (unpaired) electrons. The Morgan fingerprint density at radius 2 is 2.00 bits per heavy atom. The number of alkyl carbamates (subject to hydrolysis) is 1. The molecule has 0 saturated carbocycles. The first-order chi connectivity index (χ1) is 15.8. The van der Waals surface area contributed by atoms with E-state index >= 15 is 0 Å². The van der Waals surface area contributed by atoms with Crippen LogP contribution in [-0.2, 0) is 32.6 Å². The average Bonchev–Trinajstić information content (AvgIpc) is 3.28. The highest BCUT2D eigenvalue weighted by molar-refractivity contribution is 7.89. The normalized spacial score (nSPS) is 23.5. The van der Waals surface area contributed by atoms with Gasteiger partial charge in [-0.25, -0.2) is 22.0 Å². The zero-order chi connectivity index (χ0) is 24.8. The first-order valence-corrected chi connectivity index (χ1v) is 12.7. The molecule has 34 heavy (non-hydrogen) atoms. The molecule has 3 heterocycles. The topological polar surface area (TPSA) is 103 Å². The molecule has 0 unspecified atom stereocenters. The highest BCUT2D eigenvalue weighted by Crippen LogP contribution is 2.35. The van der Waals surface area contributed by atoms with Gasteiger partial charge < -0.3 is 14.8 Å². The van der Waals surface area contributed by atoms with Crippen LogP contribution in [0.25, 0.3) is 0 Å². The smallest absolute Gasteiger partial charge is 0.407 e. The Kier molecular flexibility index (Phi) is 6.42. The van der Waals surface area contributed by atoms with E-state index in [1.165, 1.54) is 6.20 Å². The molecule has 0 spiro atoms. The quantitative estimate of drug-likeness (QED) is 0.692. The van der Waals surface area contributed by atoms with Crippen molar-refractivity contribution < 1.29 is 31.5 Å². The second-order valence-corrected chi connectivity index (χ2v) is 11.5. The van der Waals surface area contributed by atoms with E-state index in [9.17, 15) is 22.0 Å². The van der Waals surface area contributed by atoms with Gasteiger partial charge in [0.05, 0.1) is 30.8 Å². The highest BCUT2D eigenvalue weighted by atomic mass is 32.2. The number of ether oxygens (including phenoxy) is 2. The van der Waals surface area contributed by atoms with E-state index in [1.807, 2.05) is 4.90 Å². The fourth-order valence-electron chi connectivity index (χ4n) is 4.40. The van der Waals surface area contributed by atoms with Crippen LogP contribution in [0.2, 0.25) is 0 Å². The number of nitrogens with zero attached hydrogens (tertiary/aromatic N) is 3. The monoisotopic (exact) mass is 498 g/mol. The number of fused-ring (bicyclic) bond motifs is 1. The fraction of sp³-hybridized carbons (Fsp3) is 0.545. The van der Waals surface area contributed by atoms with Crippen molar-refractivity contribution in [3.8, 4) is 0 Å². The SMILES string of the molecule is CC(C)(C)OC(=O)N[C@H]1C[C@@H](N2Cc3cnn(S(C)(=O)=O)c3C2)CO[C@@H]1c1cc(F)ccc1F. The van der Waals surface area contributed by atoms with Crippen LogP contribution in [-0.4, -0.2) is 59.1 Å². The molecule has 1 amide bonds. The maximum absolute atomic E-state index is 14.6. The molecule has 0 aliphatic carbocycles. The number of benzene rings is 1. The van der Waals surface area contributed by atoms with E-state index in [4.69, 9.17) is 9.47 Å². The van der Waals surface area contributed by atoms with Crippen LogP contribution in [0, 0.1) is 11.6 Å². The van der Waals surface area contributed by atoms with E-state index in [0.717, 1.165) is 34.1 Å². The summed E-state index contributed by atoms with van der Waals surface area (Å²) in [7, 11) is -3.54. The standard InChI is InChI=1S/C22H28F2N4O5S/c1-22(2,3)33-21(29)26-18-8-15(12-32-20(18)16-7-14(23)5-6-17(16)24)27-10-13-9-25-28(19(13)11-27)34(4,30)31/h5-7,9,15,18,20H,8,10-12H2,1-4H3,(H,26,29)/t15-,18+,20-/m1/s1. The predicted molar refractivity (Wildman–Crippen MR) is 118 cm³/mol. The molecule has 4 rings (SSSR count). The zero-order valence-electron chi connectivity index (χ0n) is 19.4. The Labute approximate surface area is 197 Å². The van der Waals surface area contributed by atoms with Crippen molar-refractivity contribution in [2.45, 2.75) is 64.1 Å². The summed E-state index contributed by atoms with van der Waals surface area (Å²) < 4.78 is 64.8. The van der Waals surface area contributed by atoms with Crippen LogP contribution >= 0.6 is 0 Å². The van der Waals surface area contributed by atoms with Crippen molar-refractivity contribution in [2.24, 2.45) is 0 Å². The Balaban J connectivity index is 1.56. The van der Waals surface area contributed by atoms with Gasteiger partial charge in [0.1, 0.15) is 23.3 Å². The van der Waals surface area contributed by atoms with Gasteiger partial charge in [-0.1, -0.05) is 0 Å². The molecule has 0 bridgehead atoms. The molecule has 1 N–H and O–H groups in total. The fourth-order valence-corrected chi connectivity index (χ4v) is 5.19. The van der Waals surface area contributed by atoms with Crippen molar-refractivity contribution in [3.05, 3.63) is 52.9 Å². The van der Waals surface area contributed by atoms with Gasteiger partial charge in [0, 0.05) is 30.3 Å². The van der Waals surface area contributed by atoms with Gasteiger partial charge in [-0.2, -0.15) is 9.19 Å². The maximum Gasteiger partial charge on any atom is 0.407 e. The molecule has 9 nitrogen and oxygen atoms in total. The van der Waals surface area contributed by atoms with Gasteiger partial charge in [0.25, 0.3) is 10.0 Å². The first kappa shape index (κ1) is 24.6. The second-order valence-electron chi connectivity index (χ2n) is 9.69. The van der Waals surface area contributed by atoms with Crippen molar-refractivity contribution in [1.82, 2.24) is 19.4 Å². The second kappa shape index (κ2) is 8.90. The van der Waals surface area contributed by atoms with E-state index < -0.39 is 45.5 Å². The predicted octanol–water partition coefficient (Wildman–Crippen LogP) is 2.71. The maximum atomic E-state index is 14.6. The molecule has 1 fully saturated rings. The van der Waals surface area contributed by atoms with Crippen LogP contribution in [0.15, 0.2) is 24.4 Å². The first-order valence-electron chi connectivity index (χ1n) is 10.9. The Morgan fingerprint density at radius 1 is 1.26 bits per heavy atom. The van der Waals surface area contributed by atoms with Gasteiger partial charge in [0.15, 0.2) is 0 Å². The third-order valence-corrected chi connectivity index (χ3v) is 6.75. The van der Waals surface area contributed by atoms with Crippen LogP contribution in [0.4, 0.5) is 13.6 Å². The minimum absolute atomic E-state index is 0.0111. The van der Waals surface area contributed by atoms with Crippen LogP contribution in [0.3, 0.4) is 0 Å². The highest BCUT2D eigenvalue weighted by Gasteiger charge is 2.40. The molecule has 2 aliphatic heterocycles. The summed E-state index contributed by atoms with van der Waals surface area (Å²) in [6.07, 6.45) is 1.36. The molecule has 2 aromatic rings. The summed E-state index contributed by atoms with van der Waals surface area (Å²) in [5.74, 6) is -1.25. The number of halogens is 2. The number of amides is 1. The Morgan fingerprint density at radius 3 is 2.68 bits per heavy atom. The summed E-state index contributed by atoms with van der Waals surface area (Å²) in [6.45, 7) is 6.14. The average molecular weight is 499 g/mol. The molecule has 2 aliphatic rings. The van der Waals surface area contributed by atoms with Crippen LogP contribution < -0.4 is 5.32 Å². The third-order valence-electron chi connectivity index (χ3n) is 5.80. The largest absolute Gasteiger partial charge is 0.444 e. The Hall–Kier alpha value is -2.57. The van der Waals surface area contributed by atoms with Gasteiger partial charge in [-0.15, -0.1) is 0 Å². The van der Waals surface area contributed by atoms with Gasteiger partial charge >= 0.3 is 6.09 Å². The minimum atomic E-state index is -3.54. The number of nitrogens with one attached hydrogen (secondary N) is 1. The van der Waals surface area contributed by atoms with Crippen molar-refractivity contribution in [3.63, 3.8) is 0 Å². The lowest BCUT2D eigenvalue weighted by molar-refractivity contribution is -0.0629. The summed E-state index contributed by atoms with van der Waals surface area (Å²) in [6, 6.07) is 2.19. The number of hydrogen-bond acceptors (Lipinski definition) is 7. The van der Waals surface area contributed by atoms with Gasteiger partial charge in [-0.3, -0.25) is 4.90 Å². The van der Waals surface area contributed by atoms with E-state index in [0.29, 0.717) is 25.2 Å². The van der Waals surface area contributed by atoms with Crippen molar-refractivity contribution in [2.75, 3.05) is 12.9 Å². The van der Waals surface area contributed by atoms with Crippen molar-refractivity contribution >= 4 is 16.1 Å². The lowest BCUT2D eigenvalue weighted by Gasteiger charge is -2.40. The molecular weight excluding hydrogens is 470 g/mol. The minimum Gasteiger partial charge on any atom is -0.444 e. The number of rotatable bonds is 4. The molecule has 1 saturated heterocycles. The van der Waals surface area contributed by atoms with E-state index in [1.54, 1.807) is 20.8 Å². The van der Waals surface area contributed by atoms with Crippen molar-refractivity contribution in [1.29, 1.82) is 0 Å². The molecule has 1 aromatic heterocycles. The number of carbonyl (C=O) groups excluding carboxylic acids is 1. The molecule has 3 atom stereocenters. The summed E-state index contributed by atoms with van der Waals surface area (Å²) >= 11 is 0. The lowest BCUT2D eigenvalue weighted by atomic mass is 9.92. The third kappa shape index (κ3) is 5.23. The lowest BCUT2D eigenvalue weighted by Crippen LogP contribution is -2.52. The van der Waals surface area contributed by atoms with Gasteiger partial charge in [-0.05, 0) is 45.4 Å². The molecular formula is C22H28F2N4O5S.